The van der Waals surface area contributed by atoms with Gasteiger partial charge in [0.1, 0.15) is 6.07 Å². The molecule has 4 nitrogen and oxygen atoms in total. The van der Waals surface area contributed by atoms with Crippen molar-refractivity contribution in [3.8, 4) is 11.8 Å². The van der Waals surface area contributed by atoms with Gasteiger partial charge in [-0.15, -0.1) is 5.10 Å². The average molecular weight is 308 g/mol. The van der Waals surface area contributed by atoms with Crippen LogP contribution in [0.4, 0.5) is 0 Å². The molecule has 0 amide bonds. The Morgan fingerprint density at radius 2 is 1.74 bits per heavy atom. The van der Waals surface area contributed by atoms with Gasteiger partial charge in [0.05, 0.1) is 11.4 Å². The summed E-state index contributed by atoms with van der Waals surface area (Å²) in [4.78, 5) is 0. The van der Waals surface area contributed by atoms with Crippen LogP contribution in [0.5, 0.6) is 0 Å². The molecule has 0 unspecified atom stereocenters. The maximum absolute atomic E-state index is 9.39. The van der Waals surface area contributed by atoms with Gasteiger partial charge in [-0.2, -0.15) is 5.26 Å². The van der Waals surface area contributed by atoms with E-state index >= 15 is 0 Å². The monoisotopic (exact) mass is 308 g/mol. The molecule has 0 spiro atoms. The lowest BCUT2D eigenvalue weighted by molar-refractivity contribution is 0.429. The van der Waals surface area contributed by atoms with Crippen molar-refractivity contribution in [2.75, 3.05) is 0 Å². The molecule has 1 aromatic carbocycles. The summed E-state index contributed by atoms with van der Waals surface area (Å²) < 4.78 is 1.88. The van der Waals surface area contributed by atoms with Gasteiger partial charge in [-0.1, -0.05) is 57.4 Å². The topological polar surface area (TPSA) is 54.5 Å². The Kier molecular flexibility index (Phi) is 4.21. The summed E-state index contributed by atoms with van der Waals surface area (Å²) in [5.41, 5.74) is 3.89. The highest BCUT2D eigenvalue weighted by molar-refractivity contribution is 5.40. The summed E-state index contributed by atoms with van der Waals surface area (Å²) >= 11 is 0. The van der Waals surface area contributed by atoms with Crippen LogP contribution in [-0.2, 0) is 5.41 Å². The minimum absolute atomic E-state index is 0.130. The molecular formula is C19H24N4. The maximum Gasteiger partial charge on any atom is 0.186 e. The maximum atomic E-state index is 9.39. The molecule has 2 aromatic rings. The fourth-order valence-corrected chi connectivity index (χ4v) is 3.40. The normalized spacial score (nSPS) is 16.3. The van der Waals surface area contributed by atoms with Gasteiger partial charge in [-0.3, -0.25) is 0 Å². The second-order valence-corrected chi connectivity index (χ2v) is 7.48. The van der Waals surface area contributed by atoms with E-state index in [1.807, 2.05) is 4.68 Å². The Bertz CT molecular complexity index is 707. The summed E-state index contributed by atoms with van der Waals surface area (Å²) in [6.45, 7) is 6.62. The molecule has 120 valence electrons. The van der Waals surface area contributed by atoms with Crippen LogP contribution in [0.1, 0.15) is 75.7 Å². The molecule has 1 aliphatic rings. The Hall–Kier alpha value is -2.15. The van der Waals surface area contributed by atoms with E-state index in [1.54, 1.807) is 0 Å². The van der Waals surface area contributed by atoms with Gasteiger partial charge < -0.3 is 0 Å². The summed E-state index contributed by atoms with van der Waals surface area (Å²) in [7, 11) is 0. The van der Waals surface area contributed by atoms with Crippen LogP contribution in [-0.4, -0.2) is 15.0 Å². The van der Waals surface area contributed by atoms with Gasteiger partial charge in [0.15, 0.2) is 5.69 Å². The molecule has 23 heavy (non-hydrogen) atoms. The first-order chi connectivity index (χ1) is 11.0. The first kappa shape index (κ1) is 15.7. The lowest BCUT2D eigenvalue weighted by Gasteiger charge is -2.23. The minimum Gasteiger partial charge on any atom is -0.216 e. The van der Waals surface area contributed by atoms with Crippen LogP contribution in [0.2, 0.25) is 0 Å². The zero-order chi connectivity index (χ0) is 16.4. The Balaban J connectivity index is 2.00. The molecule has 1 aromatic heterocycles. The largest absolute Gasteiger partial charge is 0.216 e. The van der Waals surface area contributed by atoms with Crippen LogP contribution in [0.15, 0.2) is 24.3 Å². The number of nitriles is 1. The molecule has 0 aliphatic heterocycles. The van der Waals surface area contributed by atoms with Crippen LogP contribution >= 0.6 is 0 Å². The fourth-order valence-electron chi connectivity index (χ4n) is 3.40. The second-order valence-electron chi connectivity index (χ2n) is 7.48. The fraction of sp³-hybridized carbons (Fsp3) is 0.526. The van der Waals surface area contributed by atoms with Gasteiger partial charge in [0.2, 0.25) is 0 Å². The predicted molar refractivity (Wildman–Crippen MR) is 90.6 cm³/mol. The highest BCUT2D eigenvalue weighted by Crippen LogP contribution is 2.35. The molecule has 3 rings (SSSR count). The van der Waals surface area contributed by atoms with Gasteiger partial charge in [-0.05, 0) is 36.0 Å². The standard InChI is InChI=1S/C19H24N4/c1-19(2,3)15-9-11-16(12-10-15)23-18(17(13-20)21-22-23)14-7-5-4-6-8-14/h9-12,14H,4-8H2,1-3H3. The molecule has 0 N–H and O–H groups in total. The van der Waals surface area contributed by atoms with E-state index in [0.717, 1.165) is 24.2 Å². The third-order valence-corrected chi connectivity index (χ3v) is 4.78. The first-order valence-electron chi connectivity index (χ1n) is 8.47. The van der Waals surface area contributed by atoms with Gasteiger partial charge in [-0.25, -0.2) is 4.68 Å². The van der Waals surface area contributed by atoms with Crippen molar-refractivity contribution in [2.45, 2.75) is 64.2 Å². The van der Waals surface area contributed by atoms with E-state index < -0.39 is 0 Å². The molecule has 0 saturated heterocycles. The number of nitrogens with zero attached hydrogens (tertiary/aromatic N) is 4. The number of rotatable bonds is 2. The van der Waals surface area contributed by atoms with E-state index in [9.17, 15) is 5.26 Å². The summed E-state index contributed by atoms with van der Waals surface area (Å²) in [6.07, 6.45) is 6.00. The van der Waals surface area contributed by atoms with Crippen molar-refractivity contribution in [2.24, 2.45) is 0 Å². The predicted octanol–water partition coefficient (Wildman–Crippen LogP) is 4.48. The van der Waals surface area contributed by atoms with E-state index in [1.165, 1.54) is 24.8 Å². The van der Waals surface area contributed by atoms with Crippen molar-refractivity contribution < 1.29 is 0 Å². The van der Waals surface area contributed by atoms with E-state index in [4.69, 9.17) is 0 Å². The molecule has 0 atom stereocenters. The third-order valence-electron chi connectivity index (χ3n) is 4.78. The lowest BCUT2D eigenvalue weighted by Crippen LogP contribution is -2.13. The number of benzene rings is 1. The van der Waals surface area contributed by atoms with Crippen LogP contribution in [0.3, 0.4) is 0 Å². The van der Waals surface area contributed by atoms with Crippen molar-refractivity contribution in [1.29, 1.82) is 5.26 Å². The van der Waals surface area contributed by atoms with Gasteiger partial charge >= 0.3 is 0 Å². The highest BCUT2D eigenvalue weighted by Gasteiger charge is 2.25. The number of hydrogen-bond acceptors (Lipinski definition) is 3. The molecule has 0 radical (unpaired) electrons. The molecule has 4 heteroatoms. The molecule has 1 saturated carbocycles. The van der Waals surface area contributed by atoms with Crippen molar-refractivity contribution in [1.82, 2.24) is 15.0 Å². The smallest absolute Gasteiger partial charge is 0.186 e. The average Bonchev–Trinajstić information content (AvgIpc) is 2.99. The number of aromatic nitrogens is 3. The SMILES string of the molecule is CC(C)(C)c1ccc(-n2nnc(C#N)c2C2CCCCC2)cc1. The van der Waals surface area contributed by atoms with Crippen LogP contribution < -0.4 is 0 Å². The molecule has 1 aliphatic carbocycles. The molecular weight excluding hydrogens is 284 g/mol. The molecule has 1 heterocycles. The van der Waals surface area contributed by atoms with Gasteiger partial charge in [0, 0.05) is 5.92 Å². The van der Waals surface area contributed by atoms with E-state index in [-0.39, 0.29) is 5.41 Å². The summed E-state index contributed by atoms with van der Waals surface area (Å²) in [5, 5.41) is 17.8. The van der Waals surface area contributed by atoms with Crippen LogP contribution in [0.25, 0.3) is 5.69 Å². The van der Waals surface area contributed by atoms with E-state index in [2.05, 4.69) is 61.4 Å². The third kappa shape index (κ3) is 3.14. The zero-order valence-electron chi connectivity index (χ0n) is 14.2. The minimum atomic E-state index is 0.130. The zero-order valence-corrected chi connectivity index (χ0v) is 14.2. The van der Waals surface area contributed by atoms with Crippen molar-refractivity contribution >= 4 is 0 Å². The lowest BCUT2D eigenvalue weighted by atomic mass is 9.85. The Morgan fingerprint density at radius 3 is 2.30 bits per heavy atom. The first-order valence-corrected chi connectivity index (χ1v) is 8.47. The highest BCUT2D eigenvalue weighted by atomic mass is 15.4. The quantitative estimate of drug-likeness (QED) is 0.821. The number of hydrogen-bond donors (Lipinski definition) is 0. The van der Waals surface area contributed by atoms with Crippen LogP contribution in [0, 0.1) is 11.3 Å². The molecule has 0 bridgehead atoms. The second kappa shape index (κ2) is 6.16. The Morgan fingerprint density at radius 1 is 1.09 bits per heavy atom. The van der Waals surface area contributed by atoms with Gasteiger partial charge in [0.25, 0.3) is 0 Å². The Labute approximate surface area is 138 Å². The summed E-state index contributed by atoms with van der Waals surface area (Å²) in [6, 6.07) is 10.7. The van der Waals surface area contributed by atoms with Crippen molar-refractivity contribution in [3.63, 3.8) is 0 Å². The summed E-state index contributed by atoms with van der Waals surface area (Å²) in [5.74, 6) is 0.399. The van der Waals surface area contributed by atoms with Crippen molar-refractivity contribution in [3.05, 3.63) is 41.2 Å². The molecule has 1 fully saturated rings. The van der Waals surface area contributed by atoms with E-state index in [0.29, 0.717) is 11.6 Å².